The average Bonchev–Trinajstić information content (AvgIpc) is 2.23. The van der Waals surface area contributed by atoms with E-state index in [1.165, 1.54) is 0 Å². The lowest BCUT2D eigenvalue weighted by molar-refractivity contribution is 0.150. The third-order valence-electron chi connectivity index (χ3n) is 3.82. The molecular weight excluding hydrogens is 265 g/mol. The van der Waals surface area contributed by atoms with E-state index in [0.29, 0.717) is 6.04 Å². The zero-order valence-corrected chi connectivity index (χ0v) is 12.8. The number of rotatable bonds is 4. The van der Waals surface area contributed by atoms with Crippen LogP contribution in [0, 0.1) is 5.92 Å². The van der Waals surface area contributed by atoms with Gasteiger partial charge in [0, 0.05) is 28.0 Å². The van der Waals surface area contributed by atoms with Gasteiger partial charge < -0.3 is 5.32 Å². The SMILES string of the molecule is CC1CC(CNC(C)C)(c2c(Cl)cccc2Cl)C1. The molecule has 0 unspecified atom stereocenters. The van der Waals surface area contributed by atoms with Gasteiger partial charge in [0.1, 0.15) is 0 Å². The van der Waals surface area contributed by atoms with E-state index < -0.39 is 0 Å². The second-order valence-corrected chi connectivity index (χ2v) is 6.74. The van der Waals surface area contributed by atoms with Crippen LogP contribution in [0.25, 0.3) is 0 Å². The molecule has 0 aliphatic heterocycles. The molecular formula is C15H21Cl2N. The fourth-order valence-electron chi connectivity index (χ4n) is 3.12. The minimum absolute atomic E-state index is 0.124. The monoisotopic (exact) mass is 285 g/mol. The highest BCUT2D eigenvalue weighted by Crippen LogP contribution is 2.51. The molecule has 1 aromatic rings. The maximum atomic E-state index is 6.38. The standard InChI is InChI=1S/C15H21Cl2N/c1-10(2)18-9-15(7-11(3)8-15)14-12(16)5-4-6-13(14)17/h4-6,10-11,18H,7-9H2,1-3H3. The topological polar surface area (TPSA) is 12.0 Å². The first-order valence-electron chi connectivity index (χ1n) is 6.62. The van der Waals surface area contributed by atoms with Crippen LogP contribution >= 0.6 is 23.2 Å². The van der Waals surface area contributed by atoms with Gasteiger partial charge in [-0.1, -0.05) is 50.0 Å². The van der Waals surface area contributed by atoms with Crippen molar-refractivity contribution in [3.63, 3.8) is 0 Å². The van der Waals surface area contributed by atoms with E-state index in [1.807, 2.05) is 18.2 Å². The van der Waals surface area contributed by atoms with E-state index >= 15 is 0 Å². The van der Waals surface area contributed by atoms with Crippen LogP contribution in [-0.4, -0.2) is 12.6 Å². The molecule has 3 heteroatoms. The van der Waals surface area contributed by atoms with Crippen LogP contribution in [0.15, 0.2) is 18.2 Å². The minimum Gasteiger partial charge on any atom is -0.314 e. The van der Waals surface area contributed by atoms with Crippen LogP contribution in [-0.2, 0) is 5.41 Å². The number of halogens is 2. The number of benzene rings is 1. The molecule has 0 saturated heterocycles. The first-order chi connectivity index (χ1) is 8.44. The van der Waals surface area contributed by atoms with Crippen LogP contribution in [0.1, 0.15) is 39.2 Å². The van der Waals surface area contributed by atoms with Crippen LogP contribution in [0.5, 0.6) is 0 Å². The summed E-state index contributed by atoms with van der Waals surface area (Å²) in [5.74, 6) is 0.756. The summed E-state index contributed by atoms with van der Waals surface area (Å²) in [5, 5.41) is 5.16. The van der Waals surface area contributed by atoms with E-state index in [4.69, 9.17) is 23.2 Å². The maximum absolute atomic E-state index is 6.38. The smallest absolute Gasteiger partial charge is 0.0459 e. The van der Waals surface area contributed by atoms with Crippen molar-refractivity contribution in [3.05, 3.63) is 33.8 Å². The molecule has 0 spiro atoms. The van der Waals surface area contributed by atoms with Gasteiger partial charge in [0.15, 0.2) is 0 Å². The summed E-state index contributed by atoms with van der Waals surface area (Å²) in [6.07, 6.45) is 2.33. The Hall–Kier alpha value is -0.240. The first-order valence-corrected chi connectivity index (χ1v) is 7.38. The molecule has 1 aliphatic rings. The lowest BCUT2D eigenvalue weighted by Crippen LogP contribution is -2.49. The van der Waals surface area contributed by atoms with Gasteiger partial charge >= 0.3 is 0 Å². The van der Waals surface area contributed by atoms with E-state index in [-0.39, 0.29) is 5.41 Å². The fourth-order valence-corrected chi connectivity index (χ4v) is 3.91. The average molecular weight is 286 g/mol. The molecule has 1 saturated carbocycles. The third kappa shape index (κ3) is 2.68. The van der Waals surface area contributed by atoms with Gasteiger partial charge in [-0.15, -0.1) is 0 Å². The molecule has 1 fully saturated rings. The lowest BCUT2D eigenvalue weighted by atomic mass is 9.59. The van der Waals surface area contributed by atoms with Crippen molar-refractivity contribution in [1.82, 2.24) is 5.32 Å². The van der Waals surface area contributed by atoms with E-state index in [0.717, 1.165) is 40.9 Å². The summed E-state index contributed by atoms with van der Waals surface area (Å²) < 4.78 is 0. The molecule has 0 amide bonds. The Kier molecular flexibility index (Phi) is 4.25. The van der Waals surface area contributed by atoms with E-state index in [2.05, 4.69) is 26.1 Å². The molecule has 0 bridgehead atoms. The third-order valence-corrected chi connectivity index (χ3v) is 4.45. The van der Waals surface area contributed by atoms with Gasteiger partial charge in [0.2, 0.25) is 0 Å². The predicted molar refractivity (Wildman–Crippen MR) is 79.7 cm³/mol. The predicted octanol–water partition coefficient (Wildman–Crippen LogP) is 4.66. The van der Waals surface area contributed by atoms with Gasteiger partial charge in [-0.05, 0) is 36.5 Å². The van der Waals surface area contributed by atoms with Crippen molar-refractivity contribution in [2.75, 3.05) is 6.54 Å². The van der Waals surface area contributed by atoms with E-state index in [1.54, 1.807) is 0 Å². The Balaban J connectivity index is 2.30. The van der Waals surface area contributed by atoms with Gasteiger partial charge in [0.25, 0.3) is 0 Å². The Bertz CT molecular complexity index is 402. The lowest BCUT2D eigenvalue weighted by Gasteiger charge is -2.48. The molecule has 0 heterocycles. The molecule has 1 nitrogen and oxygen atoms in total. The largest absolute Gasteiger partial charge is 0.314 e. The Morgan fingerprint density at radius 3 is 2.28 bits per heavy atom. The Morgan fingerprint density at radius 1 is 1.28 bits per heavy atom. The number of hydrogen-bond acceptors (Lipinski definition) is 1. The van der Waals surface area contributed by atoms with Crippen LogP contribution in [0.3, 0.4) is 0 Å². The highest BCUT2D eigenvalue weighted by atomic mass is 35.5. The van der Waals surface area contributed by atoms with Crippen molar-refractivity contribution in [2.24, 2.45) is 5.92 Å². The zero-order chi connectivity index (χ0) is 13.3. The second-order valence-electron chi connectivity index (χ2n) is 5.93. The van der Waals surface area contributed by atoms with Crippen molar-refractivity contribution in [2.45, 2.75) is 45.1 Å². The molecule has 0 aromatic heterocycles. The Labute approximate surface area is 120 Å². The summed E-state index contributed by atoms with van der Waals surface area (Å²) in [7, 11) is 0. The molecule has 1 aliphatic carbocycles. The van der Waals surface area contributed by atoms with Gasteiger partial charge in [-0.25, -0.2) is 0 Å². The molecule has 1 N–H and O–H groups in total. The molecule has 0 radical (unpaired) electrons. The summed E-state index contributed by atoms with van der Waals surface area (Å²) in [5.41, 5.74) is 1.26. The van der Waals surface area contributed by atoms with E-state index in [9.17, 15) is 0 Å². The molecule has 18 heavy (non-hydrogen) atoms. The van der Waals surface area contributed by atoms with Gasteiger partial charge in [0.05, 0.1) is 0 Å². The van der Waals surface area contributed by atoms with Gasteiger partial charge in [-0.2, -0.15) is 0 Å². The second kappa shape index (κ2) is 5.40. The summed E-state index contributed by atoms with van der Waals surface area (Å²) >= 11 is 12.8. The highest BCUT2D eigenvalue weighted by molar-refractivity contribution is 6.36. The van der Waals surface area contributed by atoms with Crippen molar-refractivity contribution >= 4 is 23.2 Å². The van der Waals surface area contributed by atoms with Crippen molar-refractivity contribution < 1.29 is 0 Å². The maximum Gasteiger partial charge on any atom is 0.0459 e. The summed E-state index contributed by atoms with van der Waals surface area (Å²) in [4.78, 5) is 0. The molecule has 1 aromatic carbocycles. The van der Waals surface area contributed by atoms with Crippen molar-refractivity contribution in [1.29, 1.82) is 0 Å². The minimum atomic E-state index is 0.124. The van der Waals surface area contributed by atoms with Crippen LogP contribution in [0.4, 0.5) is 0 Å². The normalized spacial score (nSPS) is 27.3. The Morgan fingerprint density at radius 2 is 1.83 bits per heavy atom. The first kappa shape index (κ1) is 14.2. The number of nitrogens with one attached hydrogen (secondary N) is 1. The summed E-state index contributed by atoms with van der Waals surface area (Å²) in [6.45, 7) is 7.59. The van der Waals surface area contributed by atoms with Crippen LogP contribution in [0.2, 0.25) is 10.0 Å². The number of hydrogen-bond donors (Lipinski definition) is 1. The highest BCUT2D eigenvalue weighted by Gasteiger charge is 2.45. The van der Waals surface area contributed by atoms with Gasteiger partial charge in [-0.3, -0.25) is 0 Å². The quantitative estimate of drug-likeness (QED) is 0.849. The fraction of sp³-hybridized carbons (Fsp3) is 0.600. The van der Waals surface area contributed by atoms with Crippen LogP contribution < -0.4 is 5.32 Å². The summed E-state index contributed by atoms with van der Waals surface area (Å²) in [6, 6.07) is 6.30. The molecule has 2 rings (SSSR count). The molecule has 0 atom stereocenters. The van der Waals surface area contributed by atoms with Crippen molar-refractivity contribution in [3.8, 4) is 0 Å². The zero-order valence-electron chi connectivity index (χ0n) is 11.3. The molecule has 100 valence electrons.